The molecule has 0 spiro atoms. The van der Waals surface area contributed by atoms with Gasteiger partial charge in [0.2, 0.25) is 0 Å². The fourth-order valence-corrected chi connectivity index (χ4v) is 3.39. The Hall–Kier alpha value is 0.270. The Labute approximate surface area is 98.2 Å². The molecule has 1 aliphatic rings. The monoisotopic (exact) mass is 231 g/mol. The summed E-state index contributed by atoms with van der Waals surface area (Å²) in [5.74, 6) is 3.12. The Bertz CT molecular complexity index is 184. The van der Waals surface area contributed by atoms with Gasteiger partial charge in [-0.15, -0.1) is 0 Å². The summed E-state index contributed by atoms with van der Waals surface area (Å²) in [6.07, 6.45) is 2.20. The zero-order valence-electron chi connectivity index (χ0n) is 10.3. The molecular formula is C12H25NOS. The Kier molecular flexibility index (Phi) is 5.44. The van der Waals surface area contributed by atoms with Crippen molar-refractivity contribution in [1.82, 2.24) is 5.32 Å². The highest BCUT2D eigenvalue weighted by molar-refractivity contribution is 7.99. The van der Waals surface area contributed by atoms with Gasteiger partial charge in [-0.3, -0.25) is 0 Å². The molecule has 2 nitrogen and oxygen atoms in total. The van der Waals surface area contributed by atoms with E-state index in [1.807, 2.05) is 0 Å². The third kappa shape index (κ3) is 5.23. The molecule has 90 valence electrons. The average molecular weight is 231 g/mol. The van der Waals surface area contributed by atoms with Gasteiger partial charge in [-0.25, -0.2) is 0 Å². The largest absolute Gasteiger partial charge is 0.396 e. The van der Waals surface area contributed by atoms with Crippen LogP contribution < -0.4 is 5.32 Å². The lowest BCUT2D eigenvalue weighted by Gasteiger charge is -2.35. The Morgan fingerprint density at radius 3 is 2.87 bits per heavy atom. The second kappa shape index (κ2) is 6.12. The van der Waals surface area contributed by atoms with E-state index < -0.39 is 0 Å². The summed E-state index contributed by atoms with van der Waals surface area (Å²) in [6.45, 7) is 8.26. The van der Waals surface area contributed by atoms with Gasteiger partial charge in [0.15, 0.2) is 0 Å². The molecule has 1 aliphatic heterocycles. The summed E-state index contributed by atoms with van der Waals surface area (Å²) < 4.78 is 0. The van der Waals surface area contributed by atoms with Crippen LogP contribution in [0.25, 0.3) is 0 Å². The first-order chi connectivity index (χ1) is 7.03. The molecule has 0 aliphatic carbocycles. The number of thioether (sulfide) groups is 1. The molecule has 0 aromatic rings. The molecule has 1 fully saturated rings. The number of hydrogen-bond acceptors (Lipinski definition) is 3. The maximum atomic E-state index is 8.82. The van der Waals surface area contributed by atoms with Crippen LogP contribution in [0.4, 0.5) is 0 Å². The fourth-order valence-electron chi connectivity index (χ4n) is 2.08. The predicted octanol–water partition coefficient (Wildman–Crippen LogP) is 2.13. The lowest BCUT2D eigenvalue weighted by atomic mass is 9.87. The lowest BCUT2D eigenvalue weighted by Crippen LogP contribution is -2.42. The predicted molar refractivity (Wildman–Crippen MR) is 68.4 cm³/mol. The van der Waals surface area contributed by atoms with Crippen molar-refractivity contribution in [2.24, 2.45) is 11.3 Å². The fraction of sp³-hybridized carbons (Fsp3) is 1.00. The van der Waals surface area contributed by atoms with E-state index in [1.54, 1.807) is 0 Å². The van der Waals surface area contributed by atoms with E-state index in [0.29, 0.717) is 24.0 Å². The Balaban J connectivity index is 2.21. The third-order valence-corrected chi connectivity index (χ3v) is 4.61. The van der Waals surface area contributed by atoms with Gasteiger partial charge in [0.25, 0.3) is 0 Å². The first-order valence-corrected chi connectivity index (χ1v) is 7.11. The highest BCUT2D eigenvalue weighted by Gasteiger charge is 2.28. The molecule has 0 aromatic heterocycles. The molecule has 15 heavy (non-hydrogen) atoms. The molecular weight excluding hydrogens is 206 g/mol. The molecule has 2 N–H and O–H groups in total. The standard InChI is InChI=1S/C12H25NOS/c1-10(4-5-14)7-13-11-6-12(2,3)9-15-8-11/h10-11,13-14H,4-9H2,1-3H3. The molecule has 2 unspecified atom stereocenters. The summed E-state index contributed by atoms with van der Waals surface area (Å²) in [6, 6.07) is 0.667. The summed E-state index contributed by atoms with van der Waals surface area (Å²) in [4.78, 5) is 0. The SMILES string of the molecule is CC(CCO)CNC1CSCC(C)(C)C1. The van der Waals surface area contributed by atoms with Gasteiger partial charge in [-0.05, 0) is 36.5 Å². The Morgan fingerprint density at radius 1 is 1.53 bits per heavy atom. The zero-order chi connectivity index (χ0) is 11.3. The average Bonchev–Trinajstić information content (AvgIpc) is 2.14. The van der Waals surface area contributed by atoms with Crippen molar-refractivity contribution < 1.29 is 5.11 Å². The number of aliphatic hydroxyl groups is 1. The topological polar surface area (TPSA) is 32.3 Å². The smallest absolute Gasteiger partial charge is 0.0434 e. The van der Waals surface area contributed by atoms with Crippen molar-refractivity contribution in [1.29, 1.82) is 0 Å². The van der Waals surface area contributed by atoms with Gasteiger partial charge >= 0.3 is 0 Å². The van der Waals surface area contributed by atoms with Gasteiger partial charge in [-0.1, -0.05) is 20.8 Å². The molecule has 2 atom stereocenters. The van der Waals surface area contributed by atoms with Crippen molar-refractivity contribution in [3.8, 4) is 0 Å². The normalized spacial score (nSPS) is 27.6. The molecule has 1 rings (SSSR count). The molecule has 1 saturated heterocycles. The summed E-state index contributed by atoms with van der Waals surface area (Å²) in [5, 5.41) is 12.5. The van der Waals surface area contributed by atoms with Crippen LogP contribution in [0.3, 0.4) is 0 Å². The van der Waals surface area contributed by atoms with Crippen LogP contribution in [-0.4, -0.2) is 35.8 Å². The number of nitrogens with one attached hydrogen (secondary N) is 1. The van der Waals surface area contributed by atoms with E-state index in [1.165, 1.54) is 17.9 Å². The van der Waals surface area contributed by atoms with Crippen LogP contribution in [0.5, 0.6) is 0 Å². The first kappa shape index (κ1) is 13.3. The van der Waals surface area contributed by atoms with Gasteiger partial charge in [-0.2, -0.15) is 11.8 Å². The van der Waals surface area contributed by atoms with Crippen LogP contribution >= 0.6 is 11.8 Å². The zero-order valence-corrected chi connectivity index (χ0v) is 11.1. The van der Waals surface area contributed by atoms with E-state index in [2.05, 4.69) is 37.8 Å². The number of hydrogen-bond donors (Lipinski definition) is 2. The van der Waals surface area contributed by atoms with E-state index in [9.17, 15) is 0 Å². The maximum absolute atomic E-state index is 8.82. The van der Waals surface area contributed by atoms with E-state index >= 15 is 0 Å². The van der Waals surface area contributed by atoms with Crippen LogP contribution in [-0.2, 0) is 0 Å². The number of rotatable bonds is 5. The lowest BCUT2D eigenvalue weighted by molar-refractivity contribution is 0.252. The second-order valence-electron chi connectivity index (χ2n) is 5.61. The number of aliphatic hydroxyl groups excluding tert-OH is 1. The van der Waals surface area contributed by atoms with Crippen LogP contribution in [0, 0.1) is 11.3 Å². The maximum Gasteiger partial charge on any atom is 0.0434 e. The quantitative estimate of drug-likeness (QED) is 0.760. The van der Waals surface area contributed by atoms with Gasteiger partial charge in [0.1, 0.15) is 0 Å². The Morgan fingerprint density at radius 2 is 2.27 bits per heavy atom. The van der Waals surface area contributed by atoms with Crippen molar-refractivity contribution in [2.45, 2.75) is 39.7 Å². The van der Waals surface area contributed by atoms with Crippen LogP contribution in [0.15, 0.2) is 0 Å². The van der Waals surface area contributed by atoms with Crippen molar-refractivity contribution in [3.05, 3.63) is 0 Å². The van der Waals surface area contributed by atoms with E-state index in [-0.39, 0.29) is 0 Å². The highest BCUT2D eigenvalue weighted by Crippen LogP contribution is 2.33. The third-order valence-electron chi connectivity index (χ3n) is 2.99. The van der Waals surface area contributed by atoms with Gasteiger partial charge in [0.05, 0.1) is 0 Å². The minimum Gasteiger partial charge on any atom is -0.396 e. The molecule has 0 bridgehead atoms. The minimum atomic E-state index is 0.313. The van der Waals surface area contributed by atoms with Gasteiger partial charge < -0.3 is 10.4 Å². The van der Waals surface area contributed by atoms with E-state index in [0.717, 1.165) is 13.0 Å². The highest BCUT2D eigenvalue weighted by atomic mass is 32.2. The van der Waals surface area contributed by atoms with Crippen molar-refractivity contribution >= 4 is 11.8 Å². The van der Waals surface area contributed by atoms with Crippen molar-refractivity contribution in [3.63, 3.8) is 0 Å². The first-order valence-electron chi connectivity index (χ1n) is 5.95. The molecule has 0 radical (unpaired) electrons. The second-order valence-corrected chi connectivity index (χ2v) is 6.64. The van der Waals surface area contributed by atoms with Crippen LogP contribution in [0.1, 0.15) is 33.6 Å². The molecule has 1 heterocycles. The minimum absolute atomic E-state index is 0.313. The van der Waals surface area contributed by atoms with Gasteiger partial charge in [0, 0.05) is 18.4 Å². The molecule has 0 saturated carbocycles. The molecule has 0 aromatic carbocycles. The summed E-state index contributed by atoms with van der Waals surface area (Å²) in [5.41, 5.74) is 0.487. The molecule has 0 amide bonds. The van der Waals surface area contributed by atoms with Crippen LogP contribution in [0.2, 0.25) is 0 Å². The summed E-state index contributed by atoms with van der Waals surface area (Å²) >= 11 is 2.06. The van der Waals surface area contributed by atoms with Crippen molar-refractivity contribution in [2.75, 3.05) is 24.7 Å². The van der Waals surface area contributed by atoms with E-state index in [4.69, 9.17) is 5.11 Å². The molecule has 3 heteroatoms. The summed E-state index contributed by atoms with van der Waals surface area (Å²) in [7, 11) is 0.